The summed E-state index contributed by atoms with van der Waals surface area (Å²) in [6.07, 6.45) is 4.95. The summed E-state index contributed by atoms with van der Waals surface area (Å²) in [7, 11) is 0. The van der Waals surface area contributed by atoms with Crippen molar-refractivity contribution in [3.05, 3.63) is 66.3 Å². The van der Waals surface area contributed by atoms with Gasteiger partial charge in [0.05, 0.1) is 11.4 Å². The van der Waals surface area contributed by atoms with E-state index in [1.807, 2.05) is 43.3 Å². The van der Waals surface area contributed by atoms with E-state index >= 15 is 0 Å². The minimum atomic E-state index is -0.614. The highest BCUT2D eigenvalue weighted by atomic mass is 16.3. The zero-order chi connectivity index (χ0) is 13.2. The van der Waals surface area contributed by atoms with Gasteiger partial charge in [0.2, 0.25) is 0 Å². The molecule has 0 saturated heterocycles. The molecule has 94 valence electrons. The van der Waals surface area contributed by atoms with Gasteiger partial charge in [-0.05, 0) is 35.4 Å². The molecule has 0 fully saturated rings. The average molecular weight is 249 g/mol. The van der Waals surface area contributed by atoms with Crippen LogP contribution in [0.25, 0.3) is 10.8 Å². The highest BCUT2D eigenvalue weighted by molar-refractivity contribution is 6.06. The second-order valence-electron chi connectivity index (χ2n) is 4.71. The highest BCUT2D eigenvalue weighted by Crippen LogP contribution is 2.23. The van der Waals surface area contributed by atoms with E-state index in [2.05, 4.69) is 23.2 Å². The molecule has 0 radical (unpaired) electrons. The Hall–Kier alpha value is -2.19. The Labute approximate surface area is 112 Å². The van der Waals surface area contributed by atoms with E-state index in [9.17, 15) is 5.11 Å². The molecule has 1 aliphatic rings. The lowest BCUT2D eigenvalue weighted by atomic mass is 10.0. The maximum Gasteiger partial charge on any atom is 0.115 e. The summed E-state index contributed by atoms with van der Waals surface area (Å²) in [5, 5.41) is 12.3. The Morgan fingerprint density at radius 2 is 1.84 bits per heavy atom. The molecule has 0 heterocycles. The van der Waals surface area contributed by atoms with Gasteiger partial charge in [-0.1, -0.05) is 48.6 Å². The number of aliphatic imine (C=N–C) groups is 1. The van der Waals surface area contributed by atoms with Gasteiger partial charge in [-0.25, -0.2) is 0 Å². The van der Waals surface area contributed by atoms with Gasteiger partial charge in [0.1, 0.15) is 6.10 Å². The van der Waals surface area contributed by atoms with Crippen molar-refractivity contribution in [1.82, 2.24) is 0 Å². The van der Waals surface area contributed by atoms with Crippen LogP contribution in [0.5, 0.6) is 0 Å². The Morgan fingerprint density at radius 1 is 1.05 bits per heavy atom. The van der Waals surface area contributed by atoms with Crippen LogP contribution in [-0.4, -0.2) is 16.9 Å². The average Bonchev–Trinajstić information content (AvgIpc) is 2.43. The number of hydrogen-bond acceptors (Lipinski definition) is 2. The molecule has 0 bridgehead atoms. The lowest BCUT2D eigenvalue weighted by Crippen LogP contribution is -2.20. The van der Waals surface area contributed by atoms with E-state index in [0.29, 0.717) is 0 Å². The lowest BCUT2D eigenvalue weighted by molar-refractivity contribution is 0.288. The summed E-state index contributed by atoms with van der Waals surface area (Å²) >= 11 is 0. The molecule has 0 aromatic heterocycles. The van der Waals surface area contributed by atoms with Crippen LogP contribution >= 0.6 is 0 Å². The summed E-state index contributed by atoms with van der Waals surface area (Å²) in [5.74, 6) is 0. The molecule has 2 aromatic rings. The van der Waals surface area contributed by atoms with Gasteiger partial charge in [-0.3, -0.25) is 4.99 Å². The smallest absolute Gasteiger partial charge is 0.115 e. The largest absolute Gasteiger partial charge is 0.383 e. The number of benzene rings is 2. The standard InChI is InChI=1S/C17H15NO/c1-12-5-4-8-16(19)17(12)18-15-10-9-13-6-2-3-7-14(13)11-15/h2-11,16,19H,1H3. The van der Waals surface area contributed by atoms with E-state index in [-0.39, 0.29) is 0 Å². The van der Waals surface area contributed by atoms with Crippen LogP contribution in [0.2, 0.25) is 0 Å². The first-order valence-corrected chi connectivity index (χ1v) is 6.35. The Balaban J connectivity index is 2.05. The quantitative estimate of drug-likeness (QED) is 0.819. The minimum Gasteiger partial charge on any atom is -0.383 e. The van der Waals surface area contributed by atoms with Crippen LogP contribution in [0.1, 0.15) is 6.92 Å². The first-order valence-electron chi connectivity index (χ1n) is 6.35. The van der Waals surface area contributed by atoms with Crippen molar-refractivity contribution < 1.29 is 5.11 Å². The predicted molar refractivity (Wildman–Crippen MR) is 79.9 cm³/mol. The topological polar surface area (TPSA) is 32.6 Å². The number of hydrogen-bond donors (Lipinski definition) is 1. The van der Waals surface area contributed by atoms with Crippen LogP contribution in [0, 0.1) is 0 Å². The van der Waals surface area contributed by atoms with Crippen molar-refractivity contribution in [1.29, 1.82) is 0 Å². The zero-order valence-electron chi connectivity index (χ0n) is 10.7. The molecule has 3 rings (SSSR count). The number of allylic oxidation sites excluding steroid dienone is 2. The van der Waals surface area contributed by atoms with Crippen molar-refractivity contribution in [3.63, 3.8) is 0 Å². The minimum absolute atomic E-state index is 0.614. The molecule has 2 nitrogen and oxygen atoms in total. The molecule has 2 aromatic carbocycles. The maximum absolute atomic E-state index is 9.96. The normalized spacial score (nSPS) is 20.8. The molecule has 1 N–H and O–H groups in total. The maximum atomic E-state index is 9.96. The third kappa shape index (κ3) is 2.35. The second kappa shape index (κ2) is 4.82. The van der Waals surface area contributed by atoms with Gasteiger partial charge in [-0.15, -0.1) is 0 Å². The van der Waals surface area contributed by atoms with Crippen molar-refractivity contribution in [2.75, 3.05) is 0 Å². The monoisotopic (exact) mass is 249 g/mol. The van der Waals surface area contributed by atoms with Crippen molar-refractivity contribution in [2.45, 2.75) is 13.0 Å². The van der Waals surface area contributed by atoms with Crippen LogP contribution in [0.3, 0.4) is 0 Å². The molecule has 19 heavy (non-hydrogen) atoms. The van der Waals surface area contributed by atoms with Gasteiger partial charge >= 0.3 is 0 Å². The highest BCUT2D eigenvalue weighted by Gasteiger charge is 2.14. The number of rotatable bonds is 1. The van der Waals surface area contributed by atoms with Crippen molar-refractivity contribution >= 4 is 22.2 Å². The van der Waals surface area contributed by atoms with E-state index in [4.69, 9.17) is 0 Å². The zero-order valence-corrected chi connectivity index (χ0v) is 10.7. The van der Waals surface area contributed by atoms with Crippen LogP contribution < -0.4 is 0 Å². The summed E-state index contributed by atoms with van der Waals surface area (Å²) < 4.78 is 0. The number of fused-ring (bicyclic) bond motifs is 1. The Kier molecular flexibility index (Phi) is 3.02. The van der Waals surface area contributed by atoms with E-state index in [0.717, 1.165) is 22.4 Å². The molecular formula is C17H15NO. The fraction of sp³-hybridized carbons (Fsp3) is 0.118. The van der Waals surface area contributed by atoms with Crippen molar-refractivity contribution in [3.8, 4) is 0 Å². The van der Waals surface area contributed by atoms with Gasteiger partial charge in [-0.2, -0.15) is 0 Å². The molecule has 1 aliphatic carbocycles. The summed E-state index contributed by atoms with van der Waals surface area (Å²) in [6, 6.07) is 14.3. The number of nitrogens with zero attached hydrogens (tertiary/aromatic N) is 1. The van der Waals surface area contributed by atoms with Crippen LogP contribution in [0.15, 0.2) is 71.3 Å². The number of aliphatic hydroxyl groups excluding tert-OH is 1. The summed E-state index contributed by atoms with van der Waals surface area (Å²) in [4.78, 5) is 4.58. The molecule has 0 saturated carbocycles. The summed E-state index contributed by atoms with van der Waals surface area (Å²) in [5.41, 5.74) is 2.59. The molecule has 1 atom stereocenters. The molecule has 0 aliphatic heterocycles. The van der Waals surface area contributed by atoms with Gasteiger partial charge in [0.15, 0.2) is 0 Å². The van der Waals surface area contributed by atoms with E-state index in [1.165, 1.54) is 5.39 Å². The fourth-order valence-electron chi connectivity index (χ4n) is 2.25. The van der Waals surface area contributed by atoms with E-state index in [1.54, 1.807) is 6.08 Å². The molecule has 0 spiro atoms. The first-order chi connectivity index (χ1) is 9.24. The Bertz CT molecular complexity index is 710. The van der Waals surface area contributed by atoms with Crippen molar-refractivity contribution in [2.24, 2.45) is 4.99 Å². The van der Waals surface area contributed by atoms with Crippen LogP contribution in [-0.2, 0) is 0 Å². The third-order valence-corrected chi connectivity index (χ3v) is 3.31. The molecular weight excluding hydrogens is 234 g/mol. The molecule has 1 unspecified atom stereocenters. The fourth-order valence-corrected chi connectivity index (χ4v) is 2.25. The number of aliphatic hydroxyl groups is 1. The molecule has 2 heteroatoms. The van der Waals surface area contributed by atoms with Crippen LogP contribution in [0.4, 0.5) is 5.69 Å². The van der Waals surface area contributed by atoms with Gasteiger partial charge in [0, 0.05) is 0 Å². The van der Waals surface area contributed by atoms with Gasteiger partial charge in [0.25, 0.3) is 0 Å². The predicted octanol–water partition coefficient (Wildman–Crippen LogP) is 3.79. The molecule has 0 amide bonds. The second-order valence-corrected chi connectivity index (χ2v) is 4.71. The summed E-state index contributed by atoms with van der Waals surface area (Å²) in [6.45, 7) is 1.96. The van der Waals surface area contributed by atoms with Gasteiger partial charge < -0.3 is 5.11 Å². The lowest BCUT2D eigenvalue weighted by Gasteiger charge is -2.14. The third-order valence-electron chi connectivity index (χ3n) is 3.31. The SMILES string of the molecule is CC1=CC=CC(O)C1=Nc1ccc2ccccc2c1. The Morgan fingerprint density at radius 3 is 2.63 bits per heavy atom. The first kappa shape index (κ1) is 11.9. The van der Waals surface area contributed by atoms with E-state index < -0.39 is 6.10 Å².